The quantitative estimate of drug-likeness (QED) is 0.00838. The van der Waals surface area contributed by atoms with Crippen LogP contribution in [0.5, 0.6) is 28.7 Å². The number of Topliss-reactive ketones (excluding diaryl/α,β-unsaturated/α-hetero) is 1. The minimum Gasteiger partial charge on any atom is -1.00 e. The number of alkyl halides is 3. The smallest absolute Gasteiger partial charge is 1.00 e. The van der Waals surface area contributed by atoms with Crippen molar-refractivity contribution in [2.24, 2.45) is 0 Å². The first-order valence-corrected chi connectivity index (χ1v) is 36.5. The minimum atomic E-state index is -1.29. The fourth-order valence-electron chi connectivity index (χ4n) is 6.86. The molecule has 2 heterocycles. The Morgan fingerprint density at radius 2 is 0.902 bits per heavy atom. The number of halogens is 6. The van der Waals surface area contributed by atoms with Crippen molar-refractivity contribution in [2.75, 3.05) is 96.5 Å². The summed E-state index contributed by atoms with van der Waals surface area (Å²) in [7, 11) is 0. The topological polar surface area (TPSA) is 233 Å². The number of hydrogen-bond acceptors (Lipinski definition) is 19. The molecule has 0 bridgehead atoms. The van der Waals surface area contributed by atoms with Crippen molar-refractivity contribution >= 4 is 166 Å². The molecule has 1 N–H and O–H groups in total. The summed E-state index contributed by atoms with van der Waals surface area (Å²) < 4.78 is 62.6. The molecule has 30 heteroatoms. The van der Waals surface area contributed by atoms with Gasteiger partial charge in [-0.1, -0.05) is 129 Å². The Bertz CT molecular complexity index is 2780. The molecule has 19 nitrogen and oxygen atoms in total. The Hall–Kier alpha value is -1.94. The summed E-state index contributed by atoms with van der Waals surface area (Å²) in [5.41, 5.74) is 1.38. The van der Waals surface area contributed by atoms with E-state index in [9.17, 15) is 33.9 Å². The van der Waals surface area contributed by atoms with Crippen molar-refractivity contribution in [2.45, 2.75) is 138 Å². The van der Waals surface area contributed by atoms with Crippen molar-refractivity contribution in [1.82, 2.24) is 0 Å². The summed E-state index contributed by atoms with van der Waals surface area (Å²) in [6, 6.07) is 39.2. The zero-order chi connectivity index (χ0) is 72.7. The molecular weight excluding hydrogens is 1740 g/mol. The van der Waals surface area contributed by atoms with Gasteiger partial charge in [0, 0.05) is 66.3 Å². The number of esters is 4. The number of rotatable bonds is 24. The van der Waals surface area contributed by atoms with Crippen LogP contribution < -0.4 is 89.1 Å². The maximum atomic E-state index is 12.0. The molecule has 0 aromatic heterocycles. The Labute approximate surface area is 728 Å². The number of benzene rings is 5. The van der Waals surface area contributed by atoms with Crippen LogP contribution in [0.2, 0.25) is 0 Å². The van der Waals surface area contributed by atoms with Crippen LogP contribution in [0.15, 0.2) is 126 Å². The van der Waals surface area contributed by atoms with E-state index >= 15 is 0 Å². The molecule has 2 aliphatic rings. The van der Waals surface area contributed by atoms with E-state index in [1.807, 2.05) is 121 Å². The molecule has 2 aliphatic heterocycles. The summed E-state index contributed by atoms with van der Waals surface area (Å²) in [6.07, 6.45) is 2.99. The van der Waals surface area contributed by atoms with Gasteiger partial charge >= 0.3 is 101 Å². The van der Waals surface area contributed by atoms with Crippen LogP contribution in [-0.4, -0.2) is 195 Å². The molecule has 102 heavy (non-hydrogen) atoms. The molecule has 0 amide bonds. The number of ether oxygens (including phenoxy) is 12. The van der Waals surface area contributed by atoms with Gasteiger partial charge in [0.15, 0.2) is 29.6 Å². The van der Waals surface area contributed by atoms with Gasteiger partial charge in [-0.05, 0) is 166 Å². The Morgan fingerprint density at radius 1 is 0.539 bits per heavy atom. The van der Waals surface area contributed by atoms with E-state index < -0.39 is 41.1 Å². The third kappa shape index (κ3) is 64.1. The first kappa shape index (κ1) is 118. The number of carbonyl (C=O) groups excluding carboxylic acids is 6. The maximum absolute atomic E-state index is 12.0. The van der Waals surface area contributed by atoms with Crippen molar-refractivity contribution in [3.63, 3.8) is 0 Å². The van der Waals surface area contributed by atoms with E-state index in [1.165, 1.54) is 25.7 Å². The average molecular weight is 1850 g/mol. The van der Waals surface area contributed by atoms with Gasteiger partial charge in [-0.15, -0.1) is 12.1 Å². The monoisotopic (exact) mass is 1850 g/mol. The first-order chi connectivity index (χ1) is 46.1. The van der Waals surface area contributed by atoms with Gasteiger partial charge in [0.1, 0.15) is 23.0 Å². The van der Waals surface area contributed by atoms with Crippen molar-refractivity contribution in [3.05, 3.63) is 149 Å². The minimum absolute atomic E-state index is 0. The molecule has 0 saturated carbocycles. The standard InChI is InChI=1S/C15H22O4.C12H16O4.C12H14O4.C8H9BrO.C8H9O.C4H5ClO3.2C4H8O.C3H7I.C2H4Br2.Al.B.BrH.Li.Mg.Na.5H/c1-5-17-13-10-8-7-9-12(13)14(19-11(3)4)15(16)18-6-2;2*1-3-15-10-8-6-5-7-9(10)11(13)12(14)16-4-2;1-2-10-8-6-4-3-5-7(8)9;1-2-9-8-6-4-3-5-7-8;1-2-8-4(7)3(5)6;2*1-2-4-5-3-1;1-3(2)4;3-1-2-4;;;;;;;;;;;/h7-11,14H,5-6H2,1-4H3;5-8,11,13H,3-4H2,1-2H3;5-8H,3-4H2,1-2H3;3-6H,2H2,1H3;3-6H,2H2,1H3;2H2,1H3;2*1-4H2;3H,1-2H3;1-2H2;;;1H;;;;;;;;/q;;;;-1;;;;;;;;;+1;+2;+1;;;;2*-1/p-1. The number of hydrogen-bond donors (Lipinski definition) is 1. The predicted octanol–water partition coefficient (Wildman–Crippen LogP) is 6.17. The average Bonchev–Trinajstić information content (AvgIpc) is 0.891. The number of carbonyl (C=O) groups is 6. The zero-order valence-electron chi connectivity index (χ0n) is 63.6. The van der Waals surface area contributed by atoms with Crippen molar-refractivity contribution in [1.29, 1.82) is 0 Å². The molecule has 5 aromatic carbocycles. The second-order valence-corrected chi connectivity index (χ2v) is 24.2. The fourth-order valence-corrected chi connectivity index (χ4v) is 7.32. The van der Waals surface area contributed by atoms with E-state index in [1.54, 1.807) is 76.2 Å². The third-order valence-electron chi connectivity index (χ3n) is 10.6. The molecule has 561 valence electrons. The molecular formula is C72H107AlBBr4ClILiMgNaO19. The molecule has 2 unspecified atom stereocenters. The van der Waals surface area contributed by atoms with Gasteiger partial charge in [-0.2, -0.15) is 18.2 Å². The Morgan fingerprint density at radius 3 is 1.27 bits per heavy atom. The number of aliphatic hydroxyl groups is 1. The third-order valence-corrected chi connectivity index (χ3v) is 13.3. The normalized spacial score (nSPS) is 11.0. The van der Waals surface area contributed by atoms with Gasteiger partial charge < -0.3 is 81.8 Å². The zero-order valence-corrected chi connectivity index (χ0v) is 74.3. The first-order valence-electron chi connectivity index (χ1n) is 31.9. The van der Waals surface area contributed by atoms with E-state index in [4.69, 9.17) is 59.0 Å². The molecule has 0 aliphatic carbocycles. The van der Waals surface area contributed by atoms with Crippen LogP contribution >= 0.6 is 82.0 Å². The second kappa shape index (κ2) is 83.1. The predicted molar refractivity (Wildman–Crippen MR) is 421 cm³/mol. The van der Waals surface area contributed by atoms with E-state index in [0.717, 1.165) is 57.0 Å². The van der Waals surface area contributed by atoms with E-state index in [2.05, 4.69) is 99.8 Å². The molecule has 2 saturated heterocycles. The fraction of sp³-hybridized carbons (Fsp3) is 0.500. The maximum Gasteiger partial charge on any atom is 2.00 e. The molecule has 7 rings (SSSR count). The van der Waals surface area contributed by atoms with Crippen LogP contribution in [0.1, 0.15) is 152 Å². The van der Waals surface area contributed by atoms with Crippen LogP contribution in [0.4, 0.5) is 0 Å². The summed E-state index contributed by atoms with van der Waals surface area (Å²) in [6.45, 7) is 32.1. The Balaban J connectivity index is -0.000000106. The van der Waals surface area contributed by atoms with Crippen LogP contribution in [0, 0.1) is 6.07 Å². The summed E-state index contributed by atoms with van der Waals surface area (Å²) in [4.78, 5) is 66.2. The largest absolute Gasteiger partial charge is 2.00 e. The molecule has 3 radical (unpaired) electrons. The van der Waals surface area contributed by atoms with Crippen LogP contribution in [-0.2, 0) is 57.1 Å². The van der Waals surface area contributed by atoms with Gasteiger partial charge in [0.05, 0.1) is 75.6 Å². The molecule has 2 fully saturated rings. The summed E-state index contributed by atoms with van der Waals surface area (Å²) in [5, 5.41) is 10.8. The van der Waals surface area contributed by atoms with Crippen LogP contribution in [0.3, 0.4) is 0 Å². The molecule has 5 aromatic rings. The van der Waals surface area contributed by atoms with E-state index in [-0.39, 0.29) is 155 Å². The van der Waals surface area contributed by atoms with Gasteiger partial charge in [-0.25, -0.2) is 19.2 Å². The SMILES string of the molecule is BrCCBr.C1CCOC1.C1CCOC1.CC(C)I.CCOC(=O)C(=O)Cl.CCOC(=O)C(=O)c1ccccc1OCC.CCOC(=O)C(O)c1ccccc1OCC.CCOC(=O)C(OC(C)C)c1ccccc1OCC.CCOc1[c-]cccc1.CCOc1ccccc1Br.[AlH3].[B].[Br-].[H-].[H-].[Li+].[Mg+2].[Na+]. The molecule has 0 spiro atoms. The second-order valence-electron chi connectivity index (χ2n) is 18.9. The number of ketones is 1. The summed E-state index contributed by atoms with van der Waals surface area (Å²) in [5.74, 6) is -0.268. The van der Waals surface area contributed by atoms with Crippen molar-refractivity contribution in [3.8, 4) is 28.7 Å². The van der Waals surface area contributed by atoms with Gasteiger partial charge in [0.2, 0.25) is 0 Å². The van der Waals surface area contributed by atoms with E-state index in [0.29, 0.717) is 68.0 Å². The molecule has 2 atom stereocenters. The van der Waals surface area contributed by atoms with Crippen molar-refractivity contribution < 1.29 is 159 Å². The number of para-hydroxylation sites is 5. The number of aliphatic hydroxyl groups excluding tert-OH is 1. The summed E-state index contributed by atoms with van der Waals surface area (Å²) >= 11 is 16.8. The Kier molecular flexibility index (Phi) is 96.5. The van der Waals surface area contributed by atoms with Gasteiger partial charge in [0.25, 0.3) is 5.78 Å². The van der Waals surface area contributed by atoms with Gasteiger partial charge in [-0.3, -0.25) is 9.59 Å². The van der Waals surface area contributed by atoms with Crippen LogP contribution in [0.25, 0.3) is 0 Å².